The van der Waals surface area contributed by atoms with Crippen molar-refractivity contribution in [2.75, 3.05) is 0 Å². The van der Waals surface area contributed by atoms with Gasteiger partial charge in [-0.05, 0) is 41.4 Å². The molecule has 2 heteroatoms. The predicted octanol–water partition coefficient (Wildman–Crippen LogP) is 3.54. The van der Waals surface area contributed by atoms with Crippen molar-refractivity contribution in [2.45, 2.75) is 37.3 Å². The largest absolute Gasteiger partial charge is 0.236 e. The number of alkyl halides is 2. The van der Waals surface area contributed by atoms with Crippen LogP contribution in [0.5, 0.6) is 0 Å². The molecule has 0 aromatic carbocycles. The van der Waals surface area contributed by atoms with E-state index in [1.54, 1.807) is 0 Å². The van der Waals surface area contributed by atoms with Gasteiger partial charge in [0.05, 0.1) is 0 Å². The summed E-state index contributed by atoms with van der Waals surface area (Å²) in [7, 11) is 0. The molecule has 0 N–H and O–H groups in total. The maximum absolute atomic E-state index is 12.1. The van der Waals surface area contributed by atoms with Crippen molar-refractivity contribution in [2.24, 2.45) is 5.92 Å². The SMILES string of the molecule is CC(C)CCCC(F)I. The van der Waals surface area contributed by atoms with Gasteiger partial charge >= 0.3 is 0 Å². The average molecular weight is 244 g/mol. The fourth-order valence-corrected chi connectivity index (χ4v) is 1.12. The van der Waals surface area contributed by atoms with Crippen LogP contribution >= 0.6 is 22.6 Å². The van der Waals surface area contributed by atoms with Crippen LogP contribution in [0.1, 0.15) is 33.1 Å². The van der Waals surface area contributed by atoms with Gasteiger partial charge < -0.3 is 0 Å². The zero-order chi connectivity index (χ0) is 7.28. The first-order valence-electron chi connectivity index (χ1n) is 3.41. The molecule has 0 spiro atoms. The molecule has 0 rings (SSSR count). The number of hydrogen-bond acceptors (Lipinski definition) is 0. The molecule has 0 aromatic rings. The third-order valence-electron chi connectivity index (χ3n) is 1.20. The maximum atomic E-state index is 12.1. The molecule has 9 heavy (non-hydrogen) atoms. The van der Waals surface area contributed by atoms with Gasteiger partial charge in [0.2, 0.25) is 0 Å². The third-order valence-corrected chi connectivity index (χ3v) is 1.83. The van der Waals surface area contributed by atoms with Gasteiger partial charge in [-0.25, -0.2) is 4.39 Å². The van der Waals surface area contributed by atoms with E-state index < -0.39 is 4.18 Å². The van der Waals surface area contributed by atoms with E-state index in [1.807, 2.05) is 22.6 Å². The second-order valence-electron chi connectivity index (χ2n) is 2.72. The van der Waals surface area contributed by atoms with Crippen molar-refractivity contribution >= 4 is 22.6 Å². The number of halogens is 2. The Hall–Kier alpha value is 0.660. The van der Waals surface area contributed by atoms with Gasteiger partial charge in [0.25, 0.3) is 0 Å². The Labute approximate surface area is 70.4 Å². The summed E-state index contributed by atoms with van der Waals surface area (Å²) in [5.74, 6) is 0.722. The highest BCUT2D eigenvalue weighted by Crippen LogP contribution is 2.14. The van der Waals surface area contributed by atoms with Crippen LogP contribution < -0.4 is 0 Å². The summed E-state index contributed by atoms with van der Waals surface area (Å²) in [6.45, 7) is 4.33. The first-order valence-corrected chi connectivity index (χ1v) is 4.65. The molecule has 0 radical (unpaired) electrons. The van der Waals surface area contributed by atoms with Gasteiger partial charge in [0.1, 0.15) is 0 Å². The van der Waals surface area contributed by atoms with Crippen LogP contribution in [-0.4, -0.2) is 4.18 Å². The number of rotatable bonds is 4. The monoisotopic (exact) mass is 244 g/mol. The van der Waals surface area contributed by atoms with E-state index in [0.29, 0.717) is 0 Å². The quantitative estimate of drug-likeness (QED) is 0.524. The lowest BCUT2D eigenvalue weighted by molar-refractivity contribution is 0.418. The van der Waals surface area contributed by atoms with Gasteiger partial charge in [-0.2, -0.15) is 0 Å². The summed E-state index contributed by atoms with van der Waals surface area (Å²) >= 11 is 1.82. The molecule has 0 heterocycles. The molecule has 0 saturated carbocycles. The zero-order valence-electron chi connectivity index (χ0n) is 6.03. The molecular formula is C7H14FI. The summed E-state index contributed by atoms with van der Waals surface area (Å²) in [4.78, 5) is 0. The van der Waals surface area contributed by atoms with Crippen molar-refractivity contribution in [3.05, 3.63) is 0 Å². The topological polar surface area (TPSA) is 0 Å². The smallest absolute Gasteiger partial charge is 0.151 e. The highest BCUT2D eigenvalue weighted by Gasteiger charge is 1.99. The van der Waals surface area contributed by atoms with Crippen LogP contribution in [0, 0.1) is 5.92 Å². The van der Waals surface area contributed by atoms with E-state index in [9.17, 15) is 4.39 Å². The van der Waals surface area contributed by atoms with E-state index in [4.69, 9.17) is 0 Å². The minimum atomic E-state index is -0.638. The van der Waals surface area contributed by atoms with Crippen molar-refractivity contribution in [3.8, 4) is 0 Å². The van der Waals surface area contributed by atoms with E-state index in [2.05, 4.69) is 13.8 Å². The molecule has 0 amide bonds. The lowest BCUT2D eigenvalue weighted by Crippen LogP contribution is -1.91. The Morgan fingerprint density at radius 2 is 1.89 bits per heavy atom. The summed E-state index contributed by atoms with van der Waals surface area (Å²) < 4.78 is 11.5. The molecule has 0 saturated heterocycles. The van der Waals surface area contributed by atoms with E-state index in [1.165, 1.54) is 0 Å². The van der Waals surface area contributed by atoms with Crippen LogP contribution in [0.4, 0.5) is 4.39 Å². The molecule has 0 fully saturated rings. The summed E-state index contributed by atoms with van der Waals surface area (Å²) in [6.07, 6.45) is 2.91. The Morgan fingerprint density at radius 1 is 1.33 bits per heavy atom. The Morgan fingerprint density at radius 3 is 2.22 bits per heavy atom. The molecule has 0 bridgehead atoms. The summed E-state index contributed by atoms with van der Waals surface area (Å²) in [6, 6.07) is 0. The molecule has 56 valence electrons. The normalized spacial score (nSPS) is 14.3. The minimum absolute atomic E-state index is 0.638. The Balaban J connectivity index is 2.91. The molecule has 0 aliphatic heterocycles. The van der Waals surface area contributed by atoms with E-state index in [0.717, 1.165) is 25.2 Å². The second kappa shape index (κ2) is 5.45. The second-order valence-corrected chi connectivity index (χ2v) is 4.07. The van der Waals surface area contributed by atoms with Crippen LogP contribution in [0.2, 0.25) is 0 Å². The Kier molecular flexibility index (Phi) is 5.84. The first-order chi connectivity index (χ1) is 4.13. The van der Waals surface area contributed by atoms with Gasteiger partial charge in [0, 0.05) is 0 Å². The molecule has 1 atom stereocenters. The molecular weight excluding hydrogens is 230 g/mol. The standard InChI is InChI=1S/C7H14FI/c1-6(2)4-3-5-7(8)9/h6-7H,3-5H2,1-2H3. The van der Waals surface area contributed by atoms with Crippen molar-refractivity contribution < 1.29 is 4.39 Å². The maximum Gasteiger partial charge on any atom is 0.151 e. The summed E-state index contributed by atoms with van der Waals surface area (Å²) in [5.41, 5.74) is 0. The molecule has 0 aromatic heterocycles. The van der Waals surface area contributed by atoms with Gasteiger partial charge in [-0.1, -0.05) is 20.3 Å². The molecule has 0 aliphatic carbocycles. The van der Waals surface area contributed by atoms with Crippen LogP contribution in [0.25, 0.3) is 0 Å². The highest BCUT2D eigenvalue weighted by atomic mass is 127. The lowest BCUT2D eigenvalue weighted by Gasteiger charge is -2.02. The minimum Gasteiger partial charge on any atom is -0.236 e. The van der Waals surface area contributed by atoms with Crippen LogP contribution in [-0.2, 0) is 0 Å². The van der Waals surface area contributed by atoms with Crippen molar-refractivity contribution in [1.82, 2.24) is 0 Å². The van der Waals surface area contributed by atoms with Crippen molar-refractivity contribution in [3.63, 3.8) is 0 Å². The van der Waals surface area contributed by atoms with Gasteiger partial charge in [0.15, 0.2) is 4.18 Å². The van der Waals surface area contributed by atoms with E-state index >= 15 is 0 Å². The highest BCUT2D eigenvalue weighted by molar-refractivity contribution is 14.1. The third kappa shape index (κ3) is 8.66. The molecule has 0 nitrogen and oxygen atoms in total. The van der Waals surface area contributed by atoms with Gasteiger partial charge in [-0.15, -0.1) is 0 Å². The van der Waals surface area contributed by atoms with Gasteiger partial charge in [-0.3, -0.25) is 0 Å². The fraction of sp³-hybridized carbons (Fsp3) is 1.00. The molecule has 1 unspecified atom stereocenters. The average Bonchev–Trinajstić information content (AvgIpc) is 1.63. The molecule has 0 aliphatic rings. The van der Waals surface area contributed by atoms with Crippen LogP contribution in [0.15, 0.2) is 0 Å². The fourth-order valence-electron chi connectivity index (χ4n) is 0.680. The first kappa shape index (κ1) is 9.66. The summed E-state index contributed by atoms with van der Waals surface area (Å²) in [5, 5.41) is 0. The Bertz CT molecular complexity index is 53.9. The van der Waals surface area contributed by atoms with Crippen molar-refractivity contribution in [1.29, 1.82) is 0 Å². The lowest BCUT2D eigenvalue weighted by atomic mass is 10.1. The predicted molar refractivity (Wildman–Crippen MR) is 47.6 cm³/mol. The number of hydrogen-bond donors (Lipinski definition) is 0. The van der Waals surface area contributed by atoms with E-state index in [-0.39, 0.29) is 0 Å². The van der Waals surface area contributed by atoms with Crippen LogP contribution in [0.3, 0.4) is 0 Å². The zero-order valence-corrected chi connectivity index (χ0v) is 8.19.